The molecule has 2 aromatic carbocycles. The van der Waals surface area contributed by atoms with Gasteiger partial charge in [-0.15, -0.1) is 0 Å². The standard InChI is InChI=1S/C19H14F2O4/c1-10-3-5-16-13(7-10)17(22)14-9-11-8-12(23-2)4-6-15(11)24-19(14,25-16)18(20)21/h3-9,18H,1-2H3. The molecule has 0 aromatic heterocycles. The summed E-state index contributed by atoms with van der Waals surface area (Å²) in [6, 6.07) is 9.56. The van der Waals surface area contributed by atoms with E-state index >= 15 is 0 Å². The number of halogens is 2. The van der Waals surface area contributed by atoms with Crippen molar-refractivity contribution in [3.63, 3.8) is 0 Å². The number of alkyl halides is 2. The van der Waals surface area contributed by atoms with Crippen LogP contribution < -0.4 is 14.2 Å². The lowest BCUT2D eigenvalue weighted by Crippen LogP contribution is -2.56. The number of ether oxygens (including phenoxy) is 3. The van der Waals surface area contributed by atoms with Crippen LogP contribution in [0.2, 0.25) is 0 Å². The molecule has 1 unspecified atom stereocenters. The number of benzene rings is 2. The summed E-state index contributed by atoms with van der Waals surface area (Å²) in [6.07, 6.45) is -1.66. The van der Waals surface area contributed by atoms with E-state index in [1.54, 1.807) is 24.3 Å². The minimum atomic E-state index is -3.05. The van der Waals surface area contributed by atoms with E-state index in [-0.39, 0.29) is 22.6 Å². The molecule has 0 saturated carbocycles. The Hall–Kier alpha value is -2.89. The molecule has 0 N–H and O–H groups in total. The van der Waals surface area contributed by atoms with E-state index in [9.17, 15) is 13.6 Å². The van der Waals surface area contributed by atoms with Gasteiger partial charge in [-0.2, -0.15) is 0 Å². The zero-order valence-electron chi connectivity index (χ0n) is 13.5. The largest absolute Gasteiger partial charge is 0.497 e. The Labute approximate surface area is 142 Å². The van der Waals surface area contributed by atoms with Gasteiger partial charge in [0.2, 0.25) is 5.78 Å². The van der Waals surface area contributed by atoms with E-state index in [1.165, 1.54) is 25.3 Å². The summed E-state index contributed by atoms with van der Waals surface area (Å²) in [4.78, 5) is 12.9. The molecular weight excluding hydrogens is 330 g/mol. The molecular formula is C19H14F2O4. The molecule has 0 aliphatic carbocycles. The third-order valence-corrected chi connectivity index (χ3v) is 4.33. The normalized spacial score (nSPS) is 20.7. The highest BCUT2D eigenvalue weighted by Gasteiger charge is 2.57. The van der Waals surface area contributed by atoms with Crippen molar-refractivity contribution >= 4 is 11.9 Å². The molecule has 4 rings (SSSR count). The van der Waals surface area contributed by atoms with Crippen molar-refractivity contribution < 1.29 is 27.8 Å². The van der Waals surface area contributed by atoms with E-state index in [1.807, 2.05) is 6.92 Å². The molecule has 0 saturated heterocycles. The van der Waals surface area contributed by atoms with Crippen LogP contribution in [0.5, 0.6) is 17.2 Å². The lowest BCUT2D eigenvalue weighted by Gasteiger charge is -2.41. The number of ketones is 1. The summed E-state index contributed by atoms with van der Waals surface area (Å²) in [7, 11) is 1.50. The van der Waals surface area contributed by atoms with Gasteiger partial charge >= 0.3 is 12.2 Å². The van der Waals surface area contributed by atoms with Gasteiger partial charge in [0.15, 0.2) is 0 Å². The van der Waals surface area contributed by atoms with Crippen LogP contribution in [0, 0.1) is 6.92 Å². The zero-order chi connectivity index (χ0) is 17.8. The van der Waals surface area contributed by atoms with E-state index in [0.29, 0.717) is 11.3 Å². The molecule has 2 aromatic rings. The minimum absolute atomic E-state index is 0.0880. The maximum Gasteiger partial charge on any atom is 0.344 e. The van der Waals surface area contributed by atoms with E-state index < -0.39 is 18.0 Å². The van der Waals surface area contributed by atoms with Crippen LogP contribution in [0.3, 0.4) is 0 Å². The predicted octanol–water partition coefficient (Wildman–Crippen LogP) is 4.02. The lowest BCUT2D eigenvalue weighted by atomic mass is 9.88. The molecule has 0 radical (unpaired) electrons. The maximum absolute atomic E-state index is 14.0. The average Bonchev–Trinajstić information content (AvgIpc) is 2.60. The van der Waals surface area contributed by atoms with Gasteiger partial charge < -0.3 is 14.2 Å². The number of hydrogen-bond acceptors (Lipinski definition) is 4. The topological polar surface area (TPSA) is 44.8 Å². The molecule has 25 heavy (non-hydrogen) atoms. The number of methoxy groups -OCH3 is 1. The van der Waals surface area contributed by atoms with Gasteiger partial charge in [0, 0.05) is 5.56 Å². The third-order valence-electron chi connectivity index (χ3n) is 4.33. The zero-order valence-corrected chi connectivity index (χ0v) is 13.5. The maximum atomic E-state index is 14.0. The molecule has 1 atom stereocenters. The number of rotatable bonds is 2. The summed E-state index contributed by atoms with van der Waals surface area (Å²) in [6.45, 7) is 1.81. The van der Waals surface area contributed by atoms with Crippen molar-refractivity contribution in [1.82, 2.24) is 0 Å². The first kappa shape index (κ1) is 15.6. The van der Waals surface area contributed by atoms with Crippen molar-refractivity contribution in [3.05, 3.63) is 58.7 Å². The van der Waals surface area contributed by atoms with Crippen LogP contribution in [0.15, 0.2) is 42.0 Å². The van der Waals surface area contributed by atoms with Crippen molar-refractivity contribution in [1.29, 1.82) is 0 Å². The van der Waals surface area contributed by atoms with Crippen LogP contribution in [0.25, 0.3) is 6.08 Å². The number of fused-ring (bicyclic) bond motifs is 3. The fourth-order valence-corrected chi connectivity index (χ4v) is 3.06. The molecule has 2 aliphatic heterocycles. The van der Waals surface area contributed by atoms with Gasteiger partial charge in [-0.3, -0.25) is 4.79 Å². The quantitative estimate of drug-likeness (QED) is 0.826. The lowest BCUT2D eigenvalue weighted by molar-refractivity contribution is -0.176. The Morgan fingerprint density at radius 3 is 2.52 bits per heavy atom. The fourth-order valence-electron chi connectivity index (χ4n) is 3.06. The Morgan fingerprint density at radius 2 is 1.80 bits per heavy atom. The van der Waals surface area contributed by atoms with Crippen LogP contribution in [0.1, 0.15) is 21.5 Å². The van der Waals surface area contributed by atoms with Crippen molar-refractivity contribution in [2.24, 2.45) is 0 Å². The Bertz CT molecular complexity index is 920. The number of aryl methyl sites for hydroxylation is 1. The second-order valence-corrected chi connectivity index (χ2v) is 5.96. The Kier molecular flexibility index (Phi) is 3.32. The van der Waals surface area contributed by atoms with Crippen LogP contribution >= 0.6 is 0 Å². The van der Waals surface area contributed by atoms with Crippen molar-refractivity contribution in [2.75, 3.05) is 7.11 Å². The van der Waals surface area contributed by atoms with Gasteiger partial charge in [-0.25, -0.2) is 8.78 Å². The van der Waals surface area contributed by atoms with Gasteiger partial charge in [-0.1, -0.05) is 11.6 Å². The highest BCUT2D eigenvalue weighted by Crippen LogP contribution is 2.46. The van der Waals surface area contributed by atoms with Gasteiger partial charge in [0.1, 0.15) is 17.2 Å². The molecule has 0 spiro atoms. The Balaban J connectivity index is 1.94. The first-order chi connectivity index (χ1) is 11.9. The number of carbonyl (C=O) groups is 1. The SMILES string of the molecule is COc1ccc2c(c1)C=C1C(=O)c3cc(C)ccc3OC1(C(F)F)O2. The van der Waals surface area contributed by atoms with Crippen LogP contribution in [-0.4, -0.2) is 25.1 Å². The van der Waals surface area contributed by atoms with Gasteiger partial charge in [0.25, 0.3) is 0 Å². The minimum Gasteiger partial charge on any atom is -0.497 e. The number of Topliss-reactive ketones (excluding diaryl/α,β-unsaturated/α-hetero) is 1. The van der Waals surface area contributed by atoms with Crippen LogP contribution in [-0.2, 0) is 0 Å². The molecule has 2 aliphatic rings. The predicted molar refractivity (Wildman–Crippen MR) is 86.5 cm³/mol. The number of hydrogen-bond donors (Lipinski definition) is 0. The third kappa shape index (κ3) is 2.21. The monoisotopic (exact) mass is 344 g/mol. The Morgan fingerprint density at radius 1 is 1.08 bits per heavy atom. The molecule has 4 nitrogen and oxygen atoms in total. The summed E-state index contributed by atoms with van der Waals surface area (Å²) in [5, 5.41) is 0. The van der Waals surface area contributed by atoms with Crippen molar-refractivity contribution in [2.45, 2.75) is 19.1 Å². The molecule has 128 valence electrons. The van der Waals surface area contributed by atoms with E-state index in [4.69, 9.17) is 14.2 Å². The highest BCUT2D eigenvalue weighted by molar-refractivity contribution is 6.15. The smallest absolute Gasteiger partial charge is 0.344 e. The first-order valence-corrected chi connectivity index (χ1v) is 7.66. The summed E-state index contributed by atoms with van der Waals surface area (Å²) in [5.74, 6) is -2.15. The number of carbonyl (C=O) groups excluding carboxylic acids is 1. The molecule has 0 bridgehead atoms. The highest BCUT2D eigenvalue weighted by atomic mass is 19.3. The summed E-state index contributed by atoms with van der Waals surface area (Å²) >= 11 is 0. The fraction of sp³-hybridized carbons (Fsp3) is 0.211. The molecule has 0 amide bonds. The second kappa shape index (κ2) is 5.31. The van der Waals surface area contributed by atoms with E-state index in [0.717, 1.165) is 5.56 Å². The summed E-state index contributed by atoms with van der Waals surface area (Å²) < 4.78 is 44.1. The van der Waals surface area contributed by atoms with Gasteiger partial charge in [-0.05, 0) is 43.3 Å². The second-order valence-electron chi connectivity index (χ2n) is 5.96. The molecule has 6 heteroatoms. The average molecular weight is 344 g/mol. The van der Waals surface area contributed by atoms with Crippen LogP contribution in [0.4, 0.5) is 8.78 Å². The molecule has 0 fully saturated rings. The molecule has 2 heterocycles. The van der Waals surface area contributed by atoms with Gasteiger partial charge in [0.05, 0.1) is 18.2 Å². The summed E-state index contributed by atoms with van der Waals surface area (Å²) in [5.41, 5.74) is 1.34. The first-order valence-electron chi connectivity index (χ1n) is 7.66. The van der Waals surface area contributed by atoms with Crippen molar-refractivity contribution in [3.8, 4) is 17.2 Å². The van der Waals surface area contributed by atoms with E-state index in [2.05, 4.69) is 0 Å².